The first-order valence-electron chi connectivity index (χ1n) is 6.50. The van der Waals surface area contributed by atoms with Crippen molar-refractivity contribution in [1.29, 1.82) is 0 Å². The Morgan fingerprint density at radius 1 is 1.50 bits per heavy atom. The quantitative estimate of drug-likeness (QED) is 0.653. The lowest BCUT2D eigenvalue weighted by Gasteiger charge is -2.36. The fraction of sp³-hybridized carbons (Fsp3) is 0.667. The highest BCUT2D eigenvalue weighted by Crippen LogP contribution is 2.32. The zero-order valence-corrected chi connectivity index (χ0v) is 11.9. The summed E-state index contributed by atoms with van der Waals surface area (Å²) < 4.78 is 5.43. The highest BCUT2D eigenvalue weighted by Gasteiger charge is 2.32. The first kappa shape index (κ1) is 14.4. The van der Waals surface area contributed by atoms with E-state index in [-0.39, 0.29) is 29.3 Å². The lowest BCUT2D eigenvalue weighted by atomic mass is 9.96. The number of nitro groups is 1. The maximum atomic E-state index is 11.2. The molecule has 2 unspecified atom stereocenters. The second-order valence-corrected chi connectivity index (χ2v) is 5.08. The largest absolute Gasteiger partial charge is 0.379 e. The standard InChI is InChI=1S/C12H19N5O3/c1-7-4-5-16(6-9(7)20-3)11-10(17(18)19)8(2)14-12(13)15-11/h7,9H,4-6H2,1-3H3,(H2,13,14,15). The smallest absolute Gasteiger partial charge is 0.332 e. The number of anilines is 2. The minimum Gasteiger partial charge on any atom is -0.379 e. The van der Waals surface area contributed by atoms with Gasteiger partial charge in [0.05, 0.1) is 11.0 Å². The number of hydrogen-bond acceptors (Lipinski definition) is 7. The Hall–Kier alpha value is -1.96. The van der Waals surface area contributed by atoms with Crippen molar-refractivity contribution in [3.05, 3.63) is 15.8 Å². The van der Waals surface area contributed by atoms with Crippen LogP contribution in [0.15, 0.2) is 0 Å². The molecule has 2 N–H and O–H groups in total. The van der Waals surface area contributed by atoms with Gasteiger partial charge in [-0.05, 0) is 19.3 Å². The fourth-order valence-corrected chi connectivity index (χ4v) is 2.54. The Morgan fingerprint density at radius 3 is 2.80 bits per heavy atom. The summed E-state index contributed by atoms with van der Waals surface area (Å²) in [4.78, 5) is 20.6. The summed E-state index contributed by atoms with van der Waals surface area (Å²) in [6.07, 6.45) is 0.915. The maximum Gasteiger partial charge on any atom is 0.332 e. The van der Waals surface area contributed by atoms with Crippen LogP contribution < -0.4 is 10.6 Å². The summed E-state index contributed by atoms with van der Waals surface area (Å²) in [6, 6.07) is 0. The van der Waals surface area contributed by atoms with Gasteiger partial charge in [-0.2, -0.15) is 4.98 Å². The molecule has 0 aromatic carbocycles. The van der Waals surface area contributed by atoms with E-state index in [0.717, 1.165) is 6.42 Å². The SMILES string of the molecule is COC1CN(c2nc(N)nc(C)c2[N+](=O)[O-])CCC1C. The lowest BCUT2D eigenvalue weighted by molar-refractivity contribution is -0.385. The Balaban J connectivity index is 2.39. The second-order valence-electron chi connectivity index (χ2n) is 5.08. The molecule has 1 aromatic rings. The number of aryl methyl sites for hydroxylation is 1. The van der Waals surface area contributed by atoms with Gasteiger partial charge in [0, 0.05) is 20.2 Å². The monoisotopic (exact) mass is 281 g/mol. The van der Waals surface area contributed by atoms with Gasteiger partial charge in [0.25, 0.3) is 0 Å². The van der Waals surface area contributed by atoms with E-state index < -0.39 is 4.92 Å². The Labute approximate surface area is 117 Å². The highest BCUT2D eigenvalue weighted by atomic mass is 16.6. The number of rotatable bonds is 3. The van der Waals surface area contributed by atoms with Gasteiger partial charge in [0.1, 0.15) is 5.69 Å². The van der Waals surface area contributed by atoms with Crippen molar-refractivity contribution in [2.75, 3.05) is 30.8 Å². The van der Waals surface area contributed by atoms with Crippen molar-refractivity contribution in [2.45, 2.75) is 26.4 Å². The number of piperidine rings is 1. The molecule has 1 aliphatic heterocycles. The molecule has 0 radical (unpaired) electrons. The molecule has 0 bridgehead atoms. The third-order valence-electron chi connectivity index (χ3n) is 3.73. The number of nitrogens with zero attached hydrogens (tertiary/aromatic N) is 4. The van der Waals surface area contributed by atoms with Crippen molar-refractivity contribution in [3.63, 3.8) is 0 Å². The lowest BCUT2D eigenvalue weighted by Crippen LogP contribution is -2.44. The fourth-order valence-electron chi connectivity index (χ4n) is 2.54. The molecular formula is C12H19N5O3. The van der Waals surface area contributed by atoms with Gasteiger partial charge in [-0.1, -0.05) is 6.92 Å². The van der Waals surface area contributed by atoms with E-state index in [2.05, 4.69) is 16.9 Å². The summed E-state index contributed by atoms with van der Waals surface area (Å²) in [5.74, 6) is 0.750. The molecule has 2 rings (SSSR count). The van der Waals surface area contributed by atoms with Gasteiger partial charge in [-0.3, -0.25) is 10.1 Å². The predicted octanol–water partition coefficient (Wildman–Crippen LogP) is 1.14. The molecular weight excluding hydrogens is 262 g/mol. The van der Waals surface area contributed by atoms with Gasteiger partial charge >= 0.3 is 5.69 Å². The number of hydrogen-bond donors (Lipinski definition) is 1. The summed E-state index contributed by atoms with van der Waals surface area (Å²) in [7, 11) is 1.65. The van der Waals surface area contributed by atoms with Crippen LogP contribution in [-0.4, -0.2) is 41.2 Å². The third-order valence-corrected chi connectivity index (χ3v) is 3.73. The summed E-state index contributed by atoms with van der Waals surface area (Å²) in [5, 5.41) is 11.2. The molecule has 2 heterocycles. The van der Waals surface area contributed by atoms with Crippen LogP contribution in [0.4, 0.5) is 17.5 Å². The van der Waals surface area contributed by atoms with E-state index in [1.165, 1.54) is 0 Å². The minimum absolute atomic E-state index is 0.0276. The van der Waals surface area contributed by atoms with Gasteiger partial charge in [-0.15, -0.1) is 0 Å². The molecule has 0 amide bonds. The summed E-state index contributed by atoms with van der Waals surface area (Å²) in [5.41, 5.74) is 5.83. The van der Waals surface area contributed by atoms with Crippen LogP contribution in [0.25, 0.3) is 0 Å². The van der Waals surface area contributed by atoms with Crippen LogP contribution >= 0.6 is 0 Å². The first-order valence-corrected chi connectivity index (χ1v) is 6.50. The van der Waals surface area contributed by atoms with Crippen molar-refractivity contribution in [1.82, 2.24) is 9.97 Å². The molecule has 1 aromatic heterocycles. The van der Waals surface area contributed by atoms with Crippen LogP contribution in [-0.2, 0) is 4.74 Å². The van der Waals surface area contributed by atoms with Crippen LogP contribution in [0.5, 0.6) is 0 Å². The number of methoxy groups -OCH3 is 1. The van der Waals surface area contributed by atoms with E-state index in [0.29, 0.717) is 19.0 Å². The molecule has 8 heteroatoms. The van der Waals surface area contributed by atoms with Gasteiger partial charge in [0.2, 0.25) is 11.8 Å². The summed E-state index contributed by atoms with van der Waals surface area (Å²) >= 11 is 0. The topological polar surface area (TPSA) is 107 Å². The minimum atomic E-state index is -0.454. The van der Waals surface area contributed by atoms with Crippen molar-refractivity contribution >= 4 is 17.5 Å². The van der Waals surface area contributed by atoms with E-state index in [9.17, 15) is 10.1 Å². The molecule has 1 saturated heterocycles. The van der Waals surface area contributed by atoms with Crippen LogP contribution in [0, 0.1) is 23.0 Å². The number of nitrogens with two attached hydrogens (primary N) is 1. The van der Waals surface area contributed by atoms with Crippen molar-refractivity contribution in [3.8, 4) is 0 Å². The van der Waals surface area contributed by atoms with Crippen LogP contribution in [0.2, 0.25) is 0 Å². The zero-order valence-electron chi connectivity index (χ0n) is 11.9. The second kappa shape index (κ2) is 5.58. The van der Waals surface area contributed by atoms with E-state index >= 15 is 0 Å². The maximum absolute atomic E-state index is 11.2. The van der Waals surface area contributed by atoms with Gasteiger partial charge < -0.3 is 15.4 Å². The molecule has 0 spiro atoms. The number of nitrogen functional groups attached to an aromatic ring is 1. The van der Waals surface area contributed by atoms with E-state index in [4.69, 9.17) is 10.5 Å². The zero-order chi connectivity index (χ0) is 14.9. The molecule has 1 aliphatic rings. The van der Waals surface area contributed by atoms with Gasteiger partial charge in [-0.25, -0.2) is 4.98 Å². The Morgan fingerprint density at radius 2 is 2.20 bits per heavy atom. The average molecular weight is 281 g/mol. The molecule has 1 fully saturated rings. The molecule has 0 aliphatic carbocycles. The average Bonchev–Trinajstić information content (AvgIpc) is 2.37. The first-order chi connectivity index (χ1) is 9.43. The number of ether oxygens (including phenoxy) is 1. The molecule has 20 heavy (non-hydrogen) atoms. The van der Waals surface area contributed by atoms with Crippen molar-refractivity contribution < 1.29 is 9.66 Å². The van der Waals surface area contributed by atoms with Gasteiger partial charge in [0.15, 0.2) is 0 Å². The molecule has 0 saturated carbocycles. The third kappa shape index (κ3) is 2.64. The molecule has 8 nitrogen and oxygen atoms in total. The predicted molar refractivity (Wildman–Crippen MR) is 74.6 cm³/mol. The Kier molecular flexibility index (Phi) is 4.03. The van der Waals surface area contributed by atoms with Crippen molar-refractivity contribution in [2.24, 2.45) is 5.92 Å². The summed E-state index contributed by atoms with van der Waals surface area (Å²) in [6.45, 7) is 4.94. The molecule has 2 atom stereocenters. The van der Waals surface area contributed by atoms with E-state index in [1.54, 1.807) is 14.0 Å². The van der Waals surface area contributed by atoms with Crippen LogP contribution in [0.1, 0.15) is 19.0 Å². The normalized spacial score (nSPS) is 22.9. The highest BCUT2D eigenvalue weighted by molar-refractivity contribution is 5.62. The van der Waals surface area contributed by atoms with Crippen LogP contribution in [0.3, 0.4) is 0 Å². The Bertz CT molecular complexity index is 522. The van der Waals surface area contributed by atoms with E-state index in [1.807, 2.05) is 4.90 Å². The number of aromatic nitrogens is 2. The molecule has 110 valence electrons.